The minimum atomic E-state index is -0.479. The summed E-state index contributed by atoms with van der Waals surface area (Å²) in [5.74, 6) is -0.0233. The number of Topliss-reactive ketones (excluding diaryl/α,β-unsaturated/α-hetero) is 1. The van der Waals surface area contributed by atoms with E-state index in [1.807, 2.05) is 23.1 Å². The average molecular weight is 398 g/mol. The Hall–Kier alpha value is -2.11. The molecule has 4 nitrogen and oxygen atoms in total. The lowest BCUT2D eigenvalue weighted by molar-refractivity contribution is -0.137. The summed E-state index contributed by atoms with van der Waals surface area (Å²) in [6, 6.07) is 14.0. The molecule has 2 aromatic carbocycles. The summed E-state index contributed by atoms with van der Waals surface area (Å²) in [4.78, 5) is 27.1. The van der Waals surface area contributed by atoms with Crippen molar-refractivity contribution < 1.29 is 14.7 Å². The Morgan fingerprint density at radius 2 is 1.96 bits per heavy atom. The quantitative estimate of drug-likeness (QED) is 0.806. The summed E-state index contributed by atoms with van der Waals surface area (Å²) in [6.45, 7) is 3.04. The molecule has 1 spiro atoms. The molecule has 0 aromatic heterocycles. The van der Waals surface area contributed by atoms with Gasteiger partial charge in [-0.1, -0.05) is 42.0 Å². The molecule has 1 atom stereocenters. The van der Waals surface area contributed by atoms with Crippen molar-refractivity contribution in [2.45, 2.75) is 39.2 Å². The van der Waals surface area contributed by atoms with Crippen LogP contribution in [0.15, 0.2) is 42.5 Å². The van der Waals surface area contributed by atoms with Gasteiger partial charge in [0.05, 0.1) is 5.41 Å². The molecule has 5 heteroatoms. The highest BCUT2D eigenvalue weighted by Crippen LogP contribution is 2.44. The Kier molecular flexibility index (Phi) is 5.96. The van der Waals surface area contributed by atoms with Crippen LogP contribution < -0.4 is 0 Å². The molecule has 2 aliphatic rings. The van der Waals surface area contributed by atoms with Gasteiger partial charge in [0.25, 0.3) is 0 Å². The first-order chi connectivity index (χ1) is 13.0. The molecule has 1 N–H and O–H groups in total. The Balaban J connectivity index is 0.00000225. The van der Waals surface area contributed by atoms with Gasteiger partial charge in [0.2, 0.25) is 5.91 Å². The molecule has 1 aliphatic carbocycles. The van der Waals surface area contributed by atoms with Gasteiger partial charge in [-0.2, -0.15) is 13.5 Å². The number of hydrogen-bond acceptors (Lipinski definition) is 3. The van der Waals surface area contributed by atoms with E-state index in [4.69, 9.17) is 5.11 Å². The van der Waals surface area contributed by atoms with E-state index in [2.05, 4.69) is 25.1 Å². The maximum absolute atomic E-state index is 13.3. The summed E-state index contributed by atoms with van der Waals surface area (Å²) in [5.41, 5.74) is 4.90. The maximum Gasteiger partial charge on any atom is 0.229 e. The second-order valence-corrected chi connectivity index (χ2v) is 7.99. The number of aliphatic hydroxyl groups excluding tert-OH is 1. The molecule has 4 rings (SSSR count). The predicted octanol–water partition coefficient (Wildman–Crippen LogP) is 3.19. The lowest BCUT2D eigenvalue weighted by Crippen LogP contribution is -2.38. The van der Waals surface area contributed by atoms with Crippen LogP contribution in [-0.2, 0) is 24.2 Å². The van der Waals surface area contributed by atoms with E-state index in [9.17, 15) is 9.59 Å². The zero-order chi connectivity index (χ0) is 19.0. The van der Waals surface area contributed by atoms with Gasteiger partial charge in [0.15, 0.2) is 5.78 Å². The number of likely N-dealkylation sites (tertiary alicyclic amines) is 1. The molecule has 1 aliphatic heterocycles. The fraction of sp³-hybridized carbons (Fsp3) is 0.391. The Morgan fingerprint density at radius 3 is 2.71 bits per heavy atom. The minimum absolute atomic E-state index is 0. The molecular formula is C23H27NO3S. The molecule has 2 aromatic rings. The highest BCUT2D eigenvalue weighted by atomic mass is 32.1. The topological polar surface area (TPSA) is 57.6 Å². The molecule has 0 saturated carbocycles. The molecule has 1 heterocycles. The fourth-order valence-electron chi connectivity index (χ4n) is 4.60. The summed E-state index contributed by atoms with van der Waals surface area (Å²) in [7, 11) is 0. The van der Waals surface area contributed by atoms with E-state index in [1.54, 1.807) is 6.07 Å². The smallest absolute Gasteiger partial charge is 0.229 e. The van der Waals surface area contributed by atoms with Crippen molar-refractivity contribution in [1.29, 1.82) is 0 Å². The number of fused-ring (bicyclic) bond motifs is 1. The second kappa shape index (κ2) is 8.10. The summed E-state index contributed by atoms with van der Waals surface area (Å²) < 4.78 is 0. The fourth-order valence-corrected chi connectivity index (χ4v) is 4.60. The van der Waals surface area contributed by atoms with E-state index < -0.39 is 6.61 Å². The van der Waals surface area contributed by atoms with Crippen LogP contribution in [0.25, 0.3) is 0 Å². The number of carbonyl (C=O) groups excluding carboxylic acids is 2. The zero-order valence-electron chi connectivity index (χ0n) is 16.2. The lowest BCUT2D eigenvalue weighted by Gasteiger charge is -2.33. The van der Waals surface area contributed by atoms with Crippen LogP contribution >= 0.6 is 13.5 Å². The van der Waals surface area contributed by atoms with E-state index in [0.29, 0.717) is 18.5 Å². The van der Waals surface area contributed by atoms with Gasteiger partial charge >= 0.3 is 0 Å². The highest BCUT2D eigenvalue weighted by molar-refractivity contribution is 7.59. The number of carbonyl (C=O) groups is 2. The van der Waals surface area contributed by atoms with Crippen LogP contribution in [0, 0.1) is 12.3 Å². The predicted molar refractivity (Wildman–Crippen MR) is 114 cm³/mol. The van der Waals surface area contributed by atoms with Crippen LogP contribution in [0.1, 0.15) is 45.5 Å². The van der Waals surface area contributed by atoms with E-state index in [1.165, 1.54) is 16.7 Å². The molecule has 0 radical (unpaired) electrons. The average Bonchev–Trinajstić information content (AvgIpc) is 2.96. The molecule has 1 fully saturated rings. The number of benzene rings is 2. The van der Waals surface area contributed by atoms with Crippen molar-refractivity contribution in [2.24, 2.45) is 5.41 Å². The Bertz CT molecular complexity index is 910. The van der Waals surface area contributed by atoms with E-state index in [0.717, 1.165) is 31.4 Å². The van der Waals surface area contributed by atoms with Gasteiger partial charge in [-0.15, -0.1) is 0 Å². The monoisotopic (exact) mass is 397 g/mol. The molecule has 28 heavy (non-hydrogen) atoms. The highest BCUT2D eigenvalue weighted by Gasteiger charge is 2.47. The number of rotatable bonds is 4. The Labute approximate surface area is 173 Å². The third kappa shape index (κ3) is 3.74. The van der Waals surface area contributed by atoms with Crippen LogP contribution in [0.3, 0.4) is 0 Å². The van der Waals surface area contributed by atoms with Crippen molar-refractivity contribution in [3.05, 3.63) is 70.3 Å². The summed E-state index contributed by atoms with van der Waals surface area (Å²) >= 11 is 0. The van der Waals surface area contributed by atoms with Gasteiger partial charge in [0, 0.05) is 18.7 Å². The third-order valence-corrected chi connectivity index (χ3v) is 6.13. The van der Waals surface area contributed by atoms with Crippen molar-refractivity contribution in [2.75, 3.05) is 13.2 Å². The maximum atomic E-state index is 13.3. The van der Waals surface area contributed by atoms with Crippen LogP contribution in [0.2, 0.25) is 0 Å². The van der Waals surface area contributed by atoms with Gasteiger partial charge in [-0.3, -0.25) is 9.59 Å². The summed E-state index contributed by atoms with van der Waals surface area (Å²) in [5, 5.41) is 9.12. The van der Waals surface area contributed by atoms with Gasteiger partial charge in [-0.25, -0.2) is 0 Å². The number of nitrogens with zero attached hydrogens (tertiary/aromatic N) is 1. The molecule has 148 valence electrons. The number of amides is 1. The SMILES string of the molecule is Cc1cccc(CN2CC[C@@]3(CCc4ccc(C(=O)CO)cc4C3)C2=O)c1.S. The largest absolute Gasteiger partial charge is 0.388 e. The first kappa shape index (κ1) is 20.6. The molecule has 1 saturated heterocycles. The second-order valence-electron chi connectivity index (χ2n) is 7.99. The van der Waals surface area contributed by atoms with Crippen molar-refractivity contribution in [3.63, 3.8) is 0 Å². The van der Waals surface area contributed by atoms with Crippen molar-refractivity contribution in [3.8, 4) is 0 Å². The Morgan fingerprint density at radius 1 is 1.14 bits per heavy atom. The third-order valence-electron chi connectivity index (χ3n) is 6.13. The zero-order valence-corrected chi connectivity index (χ0v) is 17.2. The van der Waals surface area contributed by atoms with E-state index >= 15 is 0 Å². The molecule has 1 amide bonds. The standard InChI is InChI=1S/C23H25NO3.H2S/c1-16-3-2-4-17(11-16)14-24-10-9-23(22(24)27)8-7-18-5-6-19(21(26)15-25)12-20(18)13-23;/h2-6,11-12,25H,7-10,13-15H2,1H3;1H2/t23-;/m1./s1. The van der Waals surface area contributed by atoms with Crippen molar-refractivity contribution in [1.82, 2.24) is 4.90 Å². The molecular weight excluding hydrogens is 370 g/mol. The molecule has 0 bridgehead atoms. The van der Waals surface area contributed by atoms with Crippen LogP contribution in [0.4, 0.5) is 0 Å². The van der Waals surface area contributed by atoms with Gasteiger partial charge in [0.1, 0.15) is 6.61 Å². The van der Waals surface area contributed by atoms with Crippen molar-refractivity contribution >= 4 is 25.2 Å². The minimum Gasteiger partial charge on any atom is -0.388 e. The number of aryl methyl sites for hydroxylation is 2. The van der Waals surface area contributed by atoms with Gasteiger partial charge in [-0.05, 0) is 55.4 Å². The van der Waals surface area contributed by atoms with Gasteiger partial charge < -0.3 is 10.0 Å². The van der Waals surface area contributed by atoms with Crippen LogP contribution in [-0.4, -0.2) is 34.8 Å². The lowest BCUT2D eigenvalue weighted by atomic mass is 9.70. The summed E-state index contributed by atoms with van der Waals surface area (Å²) in [6.07, 6.45) is 3.30. The first-order valence-corrected chi connectivity index (χ1v) is 9.61. The number of ketones is 1. The number of hydrogen-bond donors (Lipinski definition) is 1. The van der Waals surface area contributed by atoms with Crippen LogP contribution in [0.5, 0.6) is 0 Å². The number of aliphatic hydroxyl groups is 1. The molecule has 0 unspecified atom stereocenters. The normalized spacial score (nSPS) is 20.8. The first-order valence-electron chi connectivity index (χ1n) is 9.61. The van der Waals surface area contributed by atoms with E-state index in [-0.39, 0.29) is 30.6 Å².